The average Bonchev–Trinajstić information content (AvgIpc) is 3.22. The number of hydrogen-bond acceptors (Lipinski definition) is 6. The summed E-state index contributed by atoms with van der Waals surface area (Å²) in [4.78, 5) is 38.1. The van der Waals surface area contributed by atoms with Crippen LogP contribution in [0.15, 0.2) is 42.5 Å². The smallest absolute Gasteiger partial charge is 0.323 e. The van der Waals surface area contributed by atoms with Crippen LogP contribution in [-0.2, 0) is 16.0 Å². The minimum Gasteiger partial charge on any atom is -0.461 e. The van der Waals surface area contributed by atoms with Crippen LogP contribution in [0.4, 0.5) is 5.69 Å². The first-order chi connectivity index (χ1) is 19.4. The summed E-state index contributed by atoms with van der Waals surface area (Å²) in [5, 5.41) is 4.59. The molecule has 2 aliphatic rings. The number of carbonyl (C=O) groups excluding carboxylic acids is 3. The van der Waals surface area contributed by atoms with Crippen molar-refractivity contribution in [3.05, 3.63) is 53.7 Å². The minimum atomic E-state index is -0.594. The molecule has 1 fully saturated rings. The molecular weight excluding hydrogens is 516 g/mol. The molecule has 1 saturated carbocycles. The average molecular weight is 559 g/mol. The van der Waals surface area contributed by atoms with Crippen LogP contribution < -0.4 is 16.8 Å². The number of para-hydroxylation sites is 1. The van der Waals surface area contributed by atoms with Gasteiger partial charge in [-0.25, -0.2) is 0 Å². The second-order valence-corrected chi connectivity index (χ2v) is 13.0. The summed E-state index contributed by atoms with van der Waals surface area (Å²) in [5.74, 6) is -0.395. The van der Waals surface area contributed by atoms with E-state index in [1.54, 1.807) is 6.07 Å². The molecule has 1 amide bonds. The van der Waals surface area contributed by atoms with Crippen LogP contribution in [0.1, 0.15) is 87.1 Å². The molecule has 0 unspecified atom stereocenters. The number of esters is 1. The zero-order valence-electron chi connectivity index (χ0n) is 24.5. The van der Waals surface area contributed by atoms with Gasteiger partial charge >= 0.3 is 5.97 Å². The summed E-state index contributed by atoms with van der Waals surface area (Å²) < 4.78 is 7.58. The van der Waals surface area contributed by atoms with Gasteiger partial charge in [0.15, 0.2) is 0 Å². The van der Waals surface area contributed by atoms with Crippen molar-refractivity contribution in [3.63, 3.8) is 0 Å². The van der Waals surface area contributed by atoms with Crippen LogP contribution in [0.3, 0.4) is 0 Å². The van der Waals surface area contributed by atoms with Gasteiger partial charge in [0.25, 0.3) is 5.91 Å². The fourth-order valence-corrected chi connectivity index (χ4v) is 6.51. The normalized spacial score (nSPS) is 21.0. The van der Waals surface area contributed by atoms with E-state index >= 15 is 0 Å². The first-order valence-corrected chi connectivity index (χ1v) is 14.8. The third kappa shape index (κ3) is 6.03. The van der Waals surface area contributed by atoms with Crippen molar-refractivity contribution < 1.29 is 19.1 Å². The maximum Gasteiger partial charge on any atom is 0.323 e. The Morgan fingerprint density at radius 2 is 1.78 bits per heavy atom. The fourth-order valence-electron chi connectivity index (χ4n) is 6.51. The lowest BCUT2D eigenvalue weighted by atomic mass is 9.80. The van der Waals surface area contributed by atoms with Crippen molar-refractivity contribution in [2.75, 3.05) is 5.32 Å². The fraction of sp³-hybridized carbons (Fsp3) is 0.485. The molecule has 1 aliphatic carbocycles. The van der Waals surface area contributed by atoms with Gasteiger partial charge < -0.3 is 21.5 Å². The molecule has 41 heavy (non-hydrogen) atoms. The SMILES string of the molecule is CC(C)C[C@@H](N)C(=O)OC1CCC(Nc2cc(-c3c4n(c5ccccc35)C(=O)CC(C)(C)C4)ccc2C(N)=O)CC1. The highest BCUT2D eigenvalue weighted by Crippen LogP contribution is 2.43. The Bertz CT molecular complexity index is 1480. The molecule has 5 N–H and O–H groups in total. The predicted octanol–water partition coefficient (Wildman–Crippen LogP) is 5.66. The van der Waals surface area contributed by atoms with E-state index in [9.17, 15) is 14.4 Å². The number of ether oxygens (including phenoxy) is 1. The van der Waals surface area contributed by atoms with E-state index in [-0.39, 0.29) is 29.4 Å². The number of primary amides is 1. The molecule has 8 heteroatoms. The maximum absolute atomic E-state index is 13.3. The maximum atomic E-state index is 13.3. The van der Waals surface area contributed by atoms with Crippen molar-refractivity contribution in [1.82, 2.24) is 4.57 Å². The van der Waals surface area contributed by atoms with Crippen LogP contribution in [0, 0.1) is 11.3 Å². The predicted molar refractivity (Wildman–Crippen MR) is 162 cm³/mol. The van der Waals surface area contributed by atoms with E-state index < -0.39 is 11.9 Å². The van der Waals surface area contributed by atoms with Crippen LogP contribution in [-0.4, -0.2) is 40.5 Å². The molecule has 2 aromatic carbocycles. The minimum absolute atomic E-state index is 0.0999. The van der Waals surface area contributed by atoms with Crippen LogP contribution in [0.2, 0.25) is 0 Å². The largest absolute Gasteiger partial charge is 0.461 e. The third-order valence-corrected chi connectivity index (χ3v) is 8.42. The quantitative estimate of drug-likeness (QED) is 0.306. The Labute approximate surface area is 241 Å². The molecule has 0 saturated heterocycles. The molecule has 0 spiro atoms. The molecule has 3 aromatic rings. The lowest BCUT2D eigenvalue weighted by Crippen LogP contribution is -2.38. The second-order valence-electron chi connectivity index (χ2n) is 13.0. The van der Waals surface area contributed by atoms with E-state index in [0.29, 0.717) is 30.0 Å². The van der Waals surface area contributed by atoms with Crippen LogP contribution in [0.5, 0.6) is 0 Å². The monoisotopic (exact) mass is 558 g/mol. The van der Waals surface area contributed by atoms with Crippen LogP contribution in [0.25, 0.3) is 22.0 Å². The van der Waals surface area contributed by atoms with Crippen molar-refractivity contribution in [2.45, 2.75) is 90.8 Å². The topological polar surface area (TPSA) is 129 Å². The number of rotatable bonds is 8. The van der Waals surface area contributed by atoms with E-state index in [1.807, 2.05) is 48.7 Å². The number of amides is 1. The summed E-state index contributed by atoms with van der Waals surface area (Å²) in [7, 11) is 0. The van der Waals surface area contributed by atoms with E-state index in [1.165, 1.54) is 0 Å². The number of hydrogen-bond donors (Lipinski definition) is 3. The first kappa shape index (κ1) is 28.9. The number of nitrogens with two attached hydrogens (primary N) is 2. The number of anilines is 1. The van der Waals surface area contributed by atoms with Gasteiger partial charge in [0.05, 0.1) is 11.1 Å². The molecule has 0 radical (unpaired) electrons. The summed E-state index contributed by atoms with van der Waals surface area (Å²) in [6, 6.07) is 13.2. The number of nitrogens with zero attached hydrogens (tertiary/aromatic N) is 1. The van der Waals surface area contributed by atoms with Crippen molar-refractivity contribution in [2.24, 2.45) is 22.8 Å². The second kappa shape index (κ2) is 11.3. The molecule has 2 heterocycles. The third-order valence-electron chi connectivity index (χ3n) is 8.42. The van der Waals surface area contributed by atoms with Gasteiger partial charge in [0, 0.05) is 34.8 Å². The van der Waals surface area contributed by atoms with Gasteiger partial charge in [-0.15, -0.1) is 0 Å². The standard InChI is InChI=1S/C33H42N4O4/c1-19(2)15-25(34)32(40)41-22-12-10-21(11-13-22)36-26-16-20(9-14-23(26)31(35)39)30-24-7-5-6-8-27(24)37-28(30)17-33(3,4)18-29(37)38/h5-9,14,16,19,21-22,25,36H,10-13,15,17-18,34H2,1-4H3,(H2,35,39)/t21?,22?,25-/m1/s1. The van der Waals surface area contributed by atoms with E-state index in [2.05, 4.69) is 25.2 Å². The Hall–Kier alpha value is -3.65. The van der Waals surface area contributed by atoms with Gasteiger partial charge in [-0.3, -0.25) is 19.0 Å². The highest BCUT2D eigenvalue weighted by atomic mass is 16.5. The van der Waals surface area contributed by atoms with Crippen molar-refractivity contribution >= 4 is 34.4 Å². The van der Waals surface area contributed by atoms with Crippen LogP contribution >= 0.6 is 0 Å². The van der Waals surface area contributed by atoms with Gasteiger partial charge in [-0.05, 0) is 73.6 Å². The Morgan fingerprint density at radius 1 is 1.07 bits per heavy atom. The molecule has 1 atom stereocenters. The number of carbonyl (C=O) groups is 3. The van der Waals surface area contributed by atoms with Gasteiger partial charge in [-0.1, -0.05) is 52.0 Å². The Balaban J connectivity index is 1.40. The molecule has 8 nitrogen and oxygen atoms in total. The summed E-state index contributed by atoms with van der Waals surface area (Å²) in [6.07, 6.45) is 4.73. The number of aromatic nitrogens is 1. The summed E-state index contributed by atoms with van der Waals surface area (Å²) in [5.41, 5.74) is 16.6. The summed E-state index contributed by atoms with van der Waals surface area (Å²) >= 11 is 0. The zero-order valence-corrected chi connectivity index (χ0v) is 24.5. The number of benzene rings is 2. The van der Waals surface area contributed by atoms with E-state index in [0.717, 1.165) is 59.8 Å². The van der Waals surface area contributed by atoms with Gasteiger partial charge in [0.2, 0.25) is 5.91 Å². The van der Waals surface area contributed by atoms with E-state index in [4.69, 9.17) is 16.2 Å². The van der Waals surface area contributed by atoms with Crippen molar-refractivity contribution in [3.8, 4) is 11.1 Å². The number of nitrogens with one attached hydrogen (secondary N) is 1. The highest BCUT2D eigenvalue weighted by Gasteiger charge is 2.35. The Kier molecular flexibility index (Phi) is 7.97. The lowest BCUT2D eigenvalue weighted by Gasteiger charge is -2.31. The molecule has 1 aromatic heterocycles. The molecular formula is C33H42N4O4. The van der Waals surface area contributed by atoms with Crippen molar-refractivity contribution in [1.29, 1.82) is 0 Å². The zero-order chi connectivity index (χ0) is 29.5. The number of fused-ring (bicyclic) bond motifs is 3. The molecule has 5 rings (SSSR count). The first-order valence-electron chi connectivity index (χ1n) is 14.8. The van der Waals surface area contributed by atoms with Gasteiger partial charge in [0.1, 0.15) is 12.1 Å². The Morgan fingerprint density at radius 3 is 2.46 bits per heavy atom. The van der Waals surface area contributed by atoms with Gasteiger partial charge in [-0.2, -0.15) is 0 Å². The lowest BCUT2D eigenvalue weighted by molar-refractivity contribution is -0.152. The molecule has 218 valence electrons. The summed E-state index contributed by atoms with van der Waals surface area (Å²) in [6.45, 7) is 8.33. The molecule has 0 bridgehead atoms. The molecule has 1 aliphatic heterocycles. The highest BCUT2D eigenvalue weighted by molar-refractivity contribution is 6.06.